The van der Waals surface area contributed by atoms with Gasteiger partial charge in [-0.2, -0.15) is 0 Å². The Hall–Kier alpha value is 0.860. The molecule has 5 heavy (non-hydrogen) atoms. The average molecular weight is 109 g/mol. The molecular formula is C3H10P2. The first kappa shape index (κ1) is 4.03. The average Bonchev–Trinajstić information content (AvgIpc) is 1.35. The maximum Gasteiger partial charge on any atom is 0.0623 e. The molecular weight excluding hydrogens is 98.0 g/mol. The molecule has 0 radical (unpaired) electrons. The van der Waals surface area contributed by atoms with Gasteiger partial charge in [0, 0.05) is 0 Å². The van der Waals surface area contributed by atoms with Crippen LogP contribution in [0.3, 0.4) is 0 Å². The predicted molar refractivity (Wildman–Crippen MR) is 33.2 cm³/mol. The van der Waals surface area contributed by atoms with Crippen LogP contribution in [0, 0.1) is 0 Å². The summed E-state index contributed by atoms with van der Waals surface area (Å²) in [4.78, 5) is 0. The van der Waals surface area contributed by atoms with Crippen molar-refractivity contribution in [2.24, 2.45) is 0 Å². The lowest BCUT2D eigenvalue weighted by molar-refractivity contribution is 1.11. The number of rotatable bonds is 2. The molecule has 0 N–H and O–H groups in total. The number of hydrogen-bond acceptors (Lipinski definition) is 0. The van der Waals surface area contributed by atoms with Crippen LogP contribution in [-0.4, -0.2) is 7.44 Å². The highest BCUT2D eigenvalue weighted by atomic mass is 32.0. The fourth-order valence-electron chi connectivity index (χ4n) is 0.129. The van der Waals surface area contributed by atoms with Crippen molar-refractivity contribution in [3.8, 4) is 0 Å². The second kappa shape index (κ2) is 4.86. The molecule has 0 heterocycles. The van der Waals surface area contributed by atoms with E-state index in [-0.39, 0.29) is 0 Å². The van der Waals surface area contributed by atoms with E-state index in [4.69, 9.17) is 1.28 Å². The SMILES string of the molecule is [2H]P(P)CCC. The third-order valence-corrected chi connectivity index (χ3v) is 1.83. The summed E-state index contributed by atoms with van der Waals surface area (Å²) in [5.74, 6) is 0. The molecule has 0 spiro atoms. The van der Waals surface area contributed by atoms with E-state index in [0.29, 0.717) is 0 Å². The smallest absolute Gasteiger partial charge is 0.0623 e. The van der Waals surface area contributed by atoms with Gasteiger partial charge >= 0.3 is 0 Å². The number of hydrogen-bond donors (Lipinski definition) is 0. The van der Waals surface area contributed by atoms with Crippen molar-refractivity contribution in [2.45, 2.75) is 13.3 Å². The van der Waals surface area contributed by atoms with E-state index in [1.807, 2.05) is 0 Å². The topological polar surface area (TPSA) is 0 Å². The molecule has 32 valence electrons. The van der Waals surface area contributed by atoms with Gasteiger partial charge in [0.05, 0.1) is 1.28 Å². The molecule has 0 aliphatic carbocycles. The molecule has 0 saturated carbocycles. The lowest BCUT2D eigenvalue weighted by Crippen LogP contribution is -1.57. The third-order valence-electron chi connectivity index (χ3n) is 0.353. The molecule has 0 fully saturated rings. The van der Waals surface area contributed by atoms with Gasteiger partial charge < -0.3 is 0 Å². The van der Waals surface area contributed by atoms with Gasteiger partial charge in [0.2, 0.25) is 0 Å². The first-order valence-corrected chi connectivity index (χ1v) is 4.48. The summed E-state index contributed by atoms with van der Waals surface area (Å²) in [5, 5.41) is 0. The summed E-state index contributed by atoms with van der Waals surface area (Å²) in [6.45, 7) is 2.11. The standard InChI is InChI=1S/C3H10P2/c1-2-3-5-4/h5H,2-4H2,1H3/i5D. The summed E-state index contributed by atoms with van der Waals surface area (Å²) in [7, 11) is 2.08. The summed E-state index contributed by atoms with van der Waals surface area (Å²) in [6.07, 6.45) is 2.22. The highest BCUT2D eigenvalue weighted by molar-refractivity contribution is 8.02. The minimum atomic E-state index is -0.434. The Labute approximate surface area is 38.9 Å². The molecule has 0 aromatic heterocycles. The molecule has 0 saturated heterocycles. The van der Waals surface area contributed by atoms with Gasteiger partial charge in [-0.3, -0.25) is 0 Å². The molecule has 2 heteroatoms. The third kappa shape index (κ3) is 4.86. The summed E-state index contributed by atoms with van der Waals surface area (Å²) in [5.41, 5.74) is 0. The quantitative estimate of drug-likeness (QED) is 0.475. The Balaban J connectivity index is 2.63. The largest absolute Gasteiger partial charge is 0.114 e. The maximum absolute atomic E-state index is 7.01. The Morgan fingerprint density at radius 3 is 2.80 bits per heavy atom. The molecule has 0 nitrogen and oxygen atoms in total. The lowest BCUT2D eigenvalue weighted by Gasteiger charge is -1.80. The van der Waals surface area contributed by atoms with Crippen LogP contribution in [0.5, 0.6) is 0 Å². The summed E-state index contributed by atoms with van der Waals surface area (Å²) >= 11 is 0. The van der Waals surface area contributed by atoms with Crippen LogP contribution in [0.1, 0.15) is 13.3 Å². The molecule has 2 atom stereocenters. The Morgan fingerprint density at radius 1 is 2.20 bits per heavy atom. The van der Waals surface area contributed by atoms with Crippen LogP contribution in [0.4, 0.5) is 0 Å². The molecule has 0 bridgehead atoms. The summed E-state index contributed by atoms with van der Waals surface area (Å²) in [6, 6.07) is 0. The summed E-state index contributed by atoms with van der Waals surface area (Å²) < 4.78 is 7.01. The van der Waals surface area contributed by atoms with Crippen LogP contribution < -0.4 is 0 Å². The zero-order valence-electron chi connectivity index (χ0n) is 4.44. The van der Waals surface area contributed by atoms with Gasteiger partial charge in [0.15, 0.2) is 0 Å². The Bertz CT molecular complexity index is 30.0. The van der Waals surface area contributed by atoms with E-state index >= 15 is 0 Å². The highest BCUT2D eigenvalue weighted by Crippen LogP contribution is 2.19. The van der Waals surface area contributed by atoms with Crippen LogP contribution in [0.15, 0.2) is 0 Å². The van der Waals surface area contributed by atoms with Gasteiger partial charge in [0.1, 0.15) is 0 Å². The van der Waals surface area contributed by atoms with Crippen molar-refractivity contribution in [1.82, 2.24) is 0 Å². The van der Waals surface area contributed by atoms with Crippen LogP contribution in [0.25, 0.3) is 0 Å². The Kier molecular flexibility index (Phi) is 3.92. The highest BCUT2D eigenvalue weighted by Gasteiger charge is 1.67. The first-order valence-electron chi connectivity index (χ1n) is 2.23. The van der Waals surface area contributed by atoms with E-state index in [2.05, 4.69) is 15.9 Å². The zero-order chi connectivity index (χ0) is 4.99. The van der Waals surface area contributed by atoms with Crippen molar-refractivity contribution in [2.75, 3.05) is 6.16 Å². The minimum Gasteiger partial charge on any atom is -0.114 e. The van der Waals surface area contributed by atoms with E-state index < -0.39 is 8.21 Å². The van der Waals surface area contributed by atoms with Crippen molar-refractivity contribution < 1.29 is 0 Å². The molecule has 0 amide bonds. The van der Waals surface area contributed by atoms with Crippen molar-refractivity contribution in [1.29, 1.82) is 1.28 Å². The van der Waals surface area contributed by atoms with E-state index in [0.717, 1.165) is 12.6 Å². The van der Waals surface area contributed by atoms with Gasteiger partial charge in [-0.1, -0.05) is 13.3 Å². The second-order valence-corrected chi connectivity index (χ2v) is 2.81. The molecule has 0 aromatic carbocycles. The monoisotopic (exact) mass is 109 g/mol. The maximum atomic E-state index is 7.01. The van der Waals surface area contributed by atoms with Gasteiger partial charge in [-0.15, -0.1) is 17.1 Å². The van der Waals surface area contributed by atoms with E-state index in [1.165, 1.54) is 0 Å². The van der Waals surface area contributed by atoms with Crippen LogP contribution >= 0.6 is 17.1 Å². The van der Waals surface area contributed by atoms with Gasteiger partial charge in [-0.25, -0.2) is 0 Å². The molecule has 0 rings (SSSR count). The zero-order valence-corrected chi connectivity index (χ0v) is 5.49. The fraction of sp³-hybridized carbons (Fsp3) is 1.00. The minimum absolute atomic E-state index is 0.434. The van der Waals surface area contributed by atoms with Crippen molar-refractivity contribution >= 4 is 17.1 Å². The molecule has 0 aromatic rings. The molecule has 0 aliphatic rings. The van der Waals surface area contributed by atoms with Crippen molar-refractivity contribution in [3.05, 3.63) is 0 Å². The van der Waals surface area contributed by atoms with Gasteiger partial charge in [0.25, 0.3) is 0 Å². The fourth-order valence-corrected chi connectivity index (χ4v) is 1.16. The lowest BCUT2D eigenvalue weighted by atomic mass is 10.6. The Morgan fingerprint density at radius 2 is 2.80 bits per heavy atom. The molecule has 2 unspecified atom stereocenters. The normalized spacial score (nSPS) is 17.6. The predicted octanol–water partition coefficient (Wildman–Crippen LogP) is 1.86. The van der Waals surface area contributed by atoms with Crippen molar-refractivity contribution in [3.63, 3.8) is 0 Å². The first-order chi connectivity index (χ1) is 2.77. The van der Waals surface area contributed by atoms with Crippen LogP contribution in [0.2, 0.25) is 0 Å². The van der Waals surface area contributed by atoms with E-state index in [1.54, 1.807) is 0 Å². The van der Waals surface area contributed by atoms with Gasteiger partial charge in [-0.05, 0) is 6.16 Å². The van der Waals surface area contributed by atoms with Crippen LogP contribution in [-0.2, 0) is 0 Å². The molecule has 0 aliphatic heterocycles. The van der Waals surface area contributed by atoms with E-state index in [9.17, 15) is 0 Å². The second-order valence-electron chi connectivity index (χ2n) is 0.906.